The molecule has 0 saturated carbocycles. The molecule has 0 bridgehead atoms. The second-order valence-electron chi connectivity index (χ2n) is 4.30. The van der Waals surface area contributed by atoms with Crippen molar-refractivity contribution in [2.24, 2.45) is 0 Å². The lowest BCUT2D eigenvalue weighted by Gasteiger charge is -2.16. The van der Waals surface area contributed by atoms with Gasteiger partial charge in [0.05, 0.1) is 6.10 Å². The van der Waals surface area contributed by atoms with Gasteiger partial charge in [0.2, 0.25) is 0 Å². The molecule has 0 unspecified atom stereocenters. The van der Waals surface area contributed by atoms with E-state index in [4.69, 9.17) is 21.4 Å². The van der Waals surface area contributed by atoms with E-state index in [1.165, 1.54) is 0 Å². The molecule has 17 heavy (non-hydrogen) atoms. The van der Waals surface area contributed by atoms with Crippen LogP contribution in [-0.4, -0.2) is 23.3 Å². The first-order valence-corrected chi connectivity index (χ1v) is 5.91. The standard InChI is InChI=1S/C13H17ClO3/c1-8(2)17-12(13(15)16)7-10-5-4-9(3)11(14)6-10/h4-6,8,12H,7H2,1-3H3,(H,15,16)/t12-/m0/s1. The number of carbonyl (C=O) groups is 1. The van der Waals surface area contributed by atoms with Gasteiger partial charge in [-0.1, -0.05) is 23.7 Å². The zero-order valence-corrected chi connectivity index (χ0v) is 11.0. The summed E-state index contributed by atoms with van der Waals surface area (Å²) < 4.78 is 5.34. The topological polar surface area (TPSA) is 46.5 Å². The molecule has 1 atom stereocenters. The third kappa shape index (κ3) is 4.36. The first-order chi connectivity index (χ1) is 7.90. The third-order valence-electron chi connectivity index (χ3n) is 2.37. The number of aliphatic carboxylic acids is 1. The van der Waals surface area contributed by atoms with Gasteiger partial charge in [0.1, 0.15) is 0 Å². The van der Waals surface area contributed by atoms with Crippen molar-refractivity contribution >= 4 is 17.6 Å². The Hall–Kier alpha value is -1.06. The van der Waals surface area contributed by atoms with Crippen LogP contribution in [0.3, 0.4) is 0 Å². The number of halogens is 1. The van der Waals surface area contributed by atoms with E-state index in [2.05, 4.69) is 0 Å². The second-order valence-corrected chi connectivity index (χ2v) is 4.71. The average Bonchev–Trinajstić information content (AvgIpc) is 2.21. The SMILES string of the molecule is Cc1ccc(C[C@H](OC(C)C)C(=O)O)cc1Cl. The van der Waals surface area contributed by atoms with E-state index >= 15 is 0 Å². The summed E-state index contributed by atoms with van der Waals surface area (Å²) in [6.45, 7) is 5.54. The molecule has 1 rings (SSSR count). The molecule has 0 aromatic heterocycles. The Balaban J connectivity index is 2.78. The highest BCUT2D eigenvalue weighted by Gasteiger charge is 2.20. The summed E-state index contributed by atoms with van der Waals surface area (Å²) in [5.74, 6) is -0.949. The summed E-state index contributed by atoms with van der Waals surface area (Å²) in [5, 5.41) is 9.70. The van der Waals surface area contributed by atoms with Gasteiger partial charge in [-0.2, -0.15) is 0 Å². The molecule has 4 heteroatoms. The van der Waals surface area contributed by atoms with Crippen LogP contribution < -0.4 is 0 Å². The molecular formula is C13H17ClO3. The number of carboxylic acid groups (broad SMARTS) is 1. The van der Waals surface area contributed by atoms with Crippen LogP contribution in [0.2, 0.25) is 5.02 Å². The molecule has 0 aliphatic carbocycles. The highest BCUT2D eigenvalue weighted by atomic mass is 35.5. The molecule has 0 radical (unpaired) electrons. The van der Waals surface area contributed by atoms with Crippen LogP contribution in [0.25, 0.3) is 0 Å². The molecule has 3 nitrogen and oxygen atoms in total. The molecule has 0 aliphatic heterocycles. The minimum atomic E-state index is -0.949. The van der Waals surface area contributed by atoms with Gasteiger partial charge in [0.25, 0.3) is 0 Å². The quantitative estimate of drug-likeness (QED) is 0.881. The van der Waals surface area contributed by atoms with E-state index in [1.807, 2.05) is 32.9 Å². The minimum absolute atomic E-state index is 0.114. The van der Waals surface area contributed by atoms with Crippen LogP contribution in [0.15, 0.2) is 18.2 Å². The van der Waals surface area contributed by atoms with Crippen LogP contribution in [0.4, 0.5) is 0 Å². The number of aryl methyl sites for hydroxylation is 1. The van der Waals surface area contributed by atoms with Gasteiger partial charge in [-0.25, -0.2) is 4.79 Å². The van der Waals surface area contributed by atoms with Crippen molar-refractivity contribution in [2.75, 3.05) is 0 Å². The second kappa shape index (κ2) is 6.03. The van der Waals surface area contributed by atoms with Crippen molar-refractivity contribution in [1.29, 1.82) is 0 Å². The van der Waals surface area contributed by atoms with Gasteiger partial charge in [-0.05, 0) is 38.0 Å². The summed E-state index contributed by atoms with van der Waals surface area (Å²) in [5.41, 5.74) is 1.85. The molecular weight excluding hydrogens is 240 g/mol. The van der Waals surface area contributed by atoms with E-state index in [-0.39, 0.29) is 6.10 Å². The fraction of sp³-hybridized carbons (Fsp3) is 0.462. The first-order valence-electron chi connectivity index (χ1n) is 5.53. The van der Waals surface area contributed by atoms with Crippen LogP contribution in [0.5, 0.6) is 0 Å². The predicted octanol–water partition coefficient (Wildman–Crippen LogP) is 3.07. The molecule has 1 N–H and O–H groups in total. The number of hydrogen-bond acceptors (Lipinski definition) is 2. The van der Waals surface area contributed by atoms with E-state index in [0.29, 0.717) is 11.4 Å². The van der Waals surface area contributed by atoms with Gasteiger partial charge in [-0.15, -0.1) is 0 Å². The smallest absolute Gasteiger partial charge is 0.333 e. The van der Waals surface area contributed by atoms with Gasteiger partial charge in [0, 0.05) is 11.4 Å². The monoisotopic (exact) mass is 256 g/mol. The Morgan fingerprint density at radius 1 is 1.47 bits per heavy atom. The summed E-state index contributed by atoms with van der Waals surface area (Å²) >= 11 is 5.99. The summed E-state index contributed by atoms with van der Waals surface area (Å²) in [6, 6.07) is 5.54. The molecule has 0 saturated heterocycles. The highest BCUT2D eigenvalue weighted by molar-refractivity contribution is 6.31. The maximum Gasteiger partial charge on any atom is 0.333 e. The van der Waals surface area contributed by atoms with Crippen molar-refractivity contribution in [3.05, 3.63) is 34.3 Å². The van der Waals surface area contributed by atoms with Crippen molar-refractivity contribution in [3.63, 3.8) is 0 Å². The summed E-state index contributed by atoms with van der Waals surface area (Å²) in [7, 11) is 0. The van der Waals surface area contributed by atoms with Crippen molar-refractivity contribution in [2.45, 2.75) is 39.4 Å². The van der Waals surface area contributed by atoms with Gasteiger partial charge >= 0.3 is 5.97 Å². The lowest BCUT2D eigenvalue weighted by Crippen LogP contribution is -2.29. The molecule has 0 fully saturated rings. The number of ether oxygens (including phenoxy) is 1. The Bertz CT molecular complexity index is 402. The minimum Gasteiger partial charge on any atom is -0.479 e. The van der Waals surface area contributed by atoms with Crippen LogP contribution in [0, 0.1) is 6.92 Å². The largest absolute Gasteiger partial charge is 0.479 e. The molecule has 94 valence electrons. The van der Waals surface area contributed by atoms with E-state index in [1.54, 1.807) is 6.07 Å². The maximum atomic E-state index is 11.0. The van der Waals surface area contributed by atoms with E-state index in [0.717, 1.165) is 11.1 Å². The van der Waals surface area contributed by atoms with Crippen LogP contribution in [-0.2, 0) is 16.0 Å². The summed E-state index contributed by atoms with van der Waals surface area (Å²) in [4.78, 5) is 11.0. The van der Waals surface area contributed by atoms with E-state index in [9.17, 15) is 4.79 Å². The van der Waals surface area contributed by atoms with Crippen molar-refractivity contribution in [3.8, 4) is 0 Å². The van der Waals surface area contributed by atoms with Crippen molar-refractivity contribution in [1.82, 2.24) is 0 Å². The number of hydrogen-bond donors (Lipinski definition) is 1. The first kappa shape index (κ1) is 14.0. The van der Waals surface area contributed by atoms with Gasteiger partial charge < -0.3 is 9.84 Å². The van der Waals surface area contributed by atoms with E-state index < -0.39 is 12.1 Å². The normalized spacial score (nSPS) is 12.8. The zero-order chi connectivity index (χ0) is 13.0. The lowest BCUT2D eigenvalue weighted by molar-refractivity contribution is -0.153. The maximum absolute atomic E-state index is 11.0. The fourth-order valence-electron chi connectivity index (χ4n) is 1.50. The Labute approximate surface area is 106 Å². The highest BCUT2D eigenvalue weighted by Crippen LogP contribution is 2.18. The number of rotatable bonds is 5. The van der Waals surface area contributed by atoms with Gasteiger partial charge in [0.15, 0.2) is 6.10 Å². The molecule has 1 aromatic rings. The third-order valence-corrected chi connectivity index (χ3v) is 2.78. The lowest BCUT2D eigenvalue weighted by atomic mass is 10.1. The molecule has 0 spiro atoms. The number of carboxylic acids is 1. The Morgan fingerprint density at radius 2 is 2.12 bits per heavy atom. The average molecular weight is 257 g/mol. The van der Waals surface area contributed by atoms with Crippen molar-refractivity contribution < 1.29 is 14.6 Å². The van der Waals surface area contributed by atoms with Gasteiger partial charge in [-0.3, -0.25) is 0 Å². The fourth-order valence-corrected chi connectivity index (χ4v) is 1.70. The molecule has 0 heterocycles. The summed E-state index contributed by atoms with van der Waals surface area (Å²) in [6.07, 6.45) is -0.612. The van der Waals surface area contributed by atoms with Crippen LogP contribution >= 0.6 is 11.6 Å². The van der Waals surface area contributed by atoms with Crippen LogP contribution in [0.1, 0.15) is 25.0 Å². The number of benzene rings is 1. The molecule has 0 aliphatic rings. The molecule has 1 aromatic carbocycles. The Morgan fingerprint density at radius 3 is 2.59 bits per heavy atom. The Kier molecular flexibility index (Phi) is 4.97. The predicted molar refractivity (Wildman–Crippen MR) is 67.5 cm³/mol. The zero-order valence-electron chi connectivity index (χ0n) is 10.2. The molecule has 0 amide bonds.